The normalized spacial score (nSPS) is 22.1. The molecule has 0 bridgehead atoms. The highest BCUT2D eigenvalue weighted by Crippen LogP contribution is 2.41. The Morgan fingerprint density at radius 1 is 1.40 bits per heavy atom. The number of carboxylic acids is 1. The molecule has 0 aromatic heterocycles. The molecule has 2 N–H and O–H groups in total. The van der Waals surface area contributed by atoms with Crippen molar-refractivity contribution in [3.05, 3.63) is 29.8 Å². The van der Waals surface area contributed by atoms with Gasteiger partial charge < -0.3 is 15.1 Å². The monoisotopic (exact) mass is 277 g/mol. The van der Waals surface area contributed by atoms with Crippen molar-refractivity contribution in [1.82, 2.24) is 4.90 Å². The molecule has 108 valence electrons. The molecule has 3 atom stereocenters. The van der Waals surface area contributed by atoms with Crippen LogP contribution in [0.15, 0.2) is 24.3 Å². The average molecular weight is 277 g/mol. The van der Waals surface area contributed by atoms with E-state index in [4.69, 9.17) is 5.11 Å². The van der Waals surface area contributed by atoms with Gasteiger partial charge in [-0.05, 0) is 38.0 Å². The van der Waals surface area contributed by atoms with Gasteiger partial charge in [-0.25, -0.2) is 0 Å². The number of hydrogen-bond donors (Lipinski definition) is 2. The van der Waals surface area contributed by atoms with E-state index in [2.05, 4.69) is 0 Å². The van der Waals surface area contributed by atoms with Gasteiger partial charge in [-0.1, -0.05) is 12.1 Å². The summed E-state index contributed by atoms with van der Waals surface area (Å²) in [6.07, 6.45) is 0.428. The highest BCUT2D eigenvalue weighted by atomic mass is 16.4. The number of benzene rings is 1. The van der Waals surface area contributed by atoms with Gasteiger partial charge in [-0.15, -0.1) is 0 Å². The Kier molecular flexibility index (Phi) is 3.97. The van der Waals surface area contributed by atoms with E-state index in [0.717, 1.165) is 5.56 Å². The summed E-state index contributed by atoms with van der Waals surface area (Å²) in [5.74, 6) is -1.78. The maximum atomic E-state index is 12.4. The maximum Gasteiger partial charge on any atom is 0.307 e. The summed E-state index contributed by atoms with van der Waals surface area (Å²) in [6.45, 7) is 4.27. The molecular weight excluding hydrogens is 258 g/mol. The van der Waals surface area contributed by atoms with Gasteiger partial charge in [-0.2, -0.15) is 0 Å². The van der Waals surface area contributed by atoms with E-state index in [0.29, 0.717) is 13.0 Å². The van der Waals surface area contributed by atoms with Crippen LogP contribution >= 0.6 is 0 Å². The van der Waals surface area contributed by atoms with E-state index in [1.54, 1.807) is 23.1 Å². The number of hydrogen-bond acceptors (Lipinski definition) is 3. The Labute approximate surface area is 117 Å². The zero-order chi connectivity index (χ0) is 14.9. The third kappa shape index (κ3) is 2.76. The van der Waals surface area contributed by atoms with Gasteiger partial charge in [0.05, 0.1) is 17.9 Å². The zero-order valence-corrected chi connectivity index (χ0v) is 11.6. The second-order valence-corrected chi connectivity index (χ2v) is 5.18. The van der Waals surface area contributed by atoms with Crippen LogP contribution in [-0.4, -0.2) is 33.5 Å². The van der Waals surface area contributed by atoms with Crippen LogP contribution in [0.5, 0.6) is 5.75 Å². The van der Waals surface area contributed by atoms with Crippen molar-refractivity contribution in [2.75, 3.05) is 6.54 Å². The zero-order valence-electron chi connectivity index (χ0n) is 11.6. The molecule has 1 aromatic carbocycles. The highest BCUT2D eigenvalue weighted by Gasteiger charge is 2.50. The standard InChI is InChI=1S/C15H19NO4/c1-3-16(14(18)12-8-13(12)15(19)20)9(2)10-5-4-6-11(17)7-10/h4-7,9,12-13,17H,3,8H2,1-2H3,(H,19,20). The number of aromatic hydroxyl groups is 1. The SMILES string of the molecule is CCN(C(=O)C1CC1C(=O)O)C(C)c1cccc(O)c1. The molecule has 0 radical (unpaired) electrons. The molecule has 1 aliphatic carbocycles. The summed E-state index contributed by atoms with van der Waals surface area (Å²) in [4.78, 5) is 24.9. The largest absolute Gasteiger partial charge is 0.508 e. The quantitative estimate of drug-likeness (QED) is 0.863. The number of carbonyl (C=O) groups excluding carboxylic acids is 1. The second kappa shape index (κ2) is 5.53. The molecule has 0 saturated heterocycles. The van der Waals surface area contributed by atoms with Gasteiger partial charge >= 0.3 is 5.97 Å². The van der Waals surface area contributed by atoms with E-state index in [1.165, 1.54) is 0 Å². The number of carbonyl (C=O) groups is 2. The first kappa shape index (κ1) is 14.4. The topological polar surface area (TPSA) is 77.8 Å². The van der Waals surface area contributed by atoms with Crippen LogP contribution in [0.2, 0.25) is 0 Å². The lowest BCUT2D eigenvalue weighted by Crippen LogP contribution is -2.35. The molecule has 1 amide bonds. The van der Waals surface area contributed by atoms with Gasteiger partial charge in [0.1, 0.15) is 5.75 Å². The molecule has 0 spiro atoms. The minimum absolute atomic E-state index is 0.115. The predicted molar refractivity (Wildman–Crippen MR) is 73.1 cm³/mol. The van der Waals surface area contributed by atoms with Crippen molar-refractivity contribution in [1.29, 1.82) is 0 Å². The summed E-state index contributed by atoms with van der Waals surface area (Å²) in [6, 6.07) is 6.60. The van der Waals surface area contributed by atoms with Crippen LogP contribution in [-0.2, 0) is 9.59 Å². The molecular formula is C15H19NO4. The summed E-state index contributed by atoms with van der Waals surface area (Å²) in [5.41, 5.74) is 0.840. The summed E-state index contributed by atoms with van der Waals surface area (Å²) in [5, 5.41) is 18.4. The van der Waals surface area contributed by atoms with Crippen LogP contribution in [0.25, 0.3) is 0 Å². The lowest BCUT2D eigenvalue weighted by Gasteiger charge is -2.28. The lowest BCUT2D eigenvalue weighted by atomic mass is 10.1. The van der Waals surface area contributed by atoms with Crippen molar-refractivity contribution < 1.29 is 19.8 Å². The van der Waals surface area contributed by atoms with Crippen LogP contribution in [0.3, 0.4) is 0 Å². The van der Waals surface area contributed by atoms with Gasteiger partial charge in [0.2, 0.25) is 5.91 Å². The molecule has 1 aliphatic rings. The van der Waals surface area contributed by atoms with Crippen LogP contribution in [0.4, 0.5) is 0 Å². The molecule has 3 unspecified atom stereocenters. The van der Waals surface area contributed by atoms with E-state index < -0.39 is 17.8 Å². The number of carboxylic acid groups (broad SMARTS) is 1. The molecule has 0 aliphatic heterocycles. The summed E-state index contributed by atoms with van der Waals surface area (Å²) >= 11 is 0. The number of rotatable bonds is 5. The number of phenolic OH excluding ortho intramolecular Hbond substituents is 1. The Morgan fingerprint density at radius 2 is 2.10 bits per heavy atom. The number of amides is 1. The van der Waals surface area contributed by atoms with E-state index >= 15 is 0 Å². The number of phenols is 1. The molecule has 5 heteroatoms. The van der Waals surface area contributed by atoms with E-state index in [-0.39, 0.29) is 17.7 Å². The molecule has 2 rings (SSSR count). The fourth-order valence-corrected chi connectivity index (χ4v) is 2.54. The Balaban J connectivity index is 2.12. The minimum atomic E-state index is -0.899. The van der Waals surface area contributed by atoms with Crippen LogP contribution in [0.1, 0.15) is 31.9 Å². The first-order chi connectivity index (χ1) is 9.45. The first-order valence-electron chi connectivity index (χ1n) is 6.78. The second-order valence-electron chi connectivity index (χ2n) is 5.18. The van der Waals surface area contributed by atoms with Crippen molar-refractivity contribution in [2.45, 2.75) is 26.3 Å². The van der Waals surface area contributed by atoms with Crippen molar-refractivity contribution in [2.24, 2.45) is 11.8 Å². The third-order valence-electron chi connectivity index (χ3n) is 3.87. The molecule has 5 nitrogen and oxygen atoms in total. The molecule has 1 fully saturated rings. The number of nitrogens with zero attached hydrogens (tertiary/aromatic N) is 1. The highest BCUT2D eigenvalue weighted by molar-refractivity contribution is 5.89. The van der Waals surface area contributed by atoms with E-state index in [1.807, 2.05) is 19.9 Å². The fraction of sp³-hybridized carbons (Fsp3) is 0.467. The van der Waals surface area contributed by atoms with Crippen molar-refractivity contribution in [3.63, 3.8) is 0 Å². The Morgan fingerprint density at radius 3 is 2.60 bits per heavy atom. The lowest BCUT2D eigenvalue weighted by molar-refractivity contribution is -0.142. The molecule has 0 heterocycles. The predicted octanol–water partition coefficient (Wildman–Crippen LogP) is 2.02. The maximum absolute atomic E-state index is 12.4. The van der Waals surface area contributed by atoms with Crippen molar-refractivity contribution >= 4 is 11.9 Å². The number of aliphatic carboxylic acids is 1. The summed E-state index contributed by atoms with van der Waals surface area (Å²) in [7, 11) is 0. The fourth-order valence-electron chi connectivity index (χ4n) is 2.54. The van der Waals surface area contributed by atoms with Gasteiger partial charge in [-0.3, -0.25) is 9.59 Å². The minimum Gasteiger partial charge on any atom is -0.508 e. The third-order valence-corrected chi connectivity index (χ3v) is 3.87. The van der Waals surface area contributed by atoms with E-state index in [9.17, 15) is 14.7 Å². The summed E-state index contributed by atoms with van der Waals surface area (Å²) < 4.78 is 0. The van der Waals surface area contributed by atoms with Gasteiger partial charge in [0, 0.05) is 6.54 Å². The molecule has 1 aromatic rings. The Hall–Kier alpha value is -2.04. The van der Waals surface area contributed by atoms with Gasteiger partial charge in [0.15, 0.2) is 0 Å². The van der Waals surface area contributed by atoms with Gasteiger partial charge in [0.25, 0.3) is 0 Å². The van der Waals surface area contributed by atoms with Crippen LogP contribution < -0.4 is 0 Å². The van der Waals surface area contributed by atoms with Crippen molar-refractivity contribution in [3.8, 4) is 5.75 Å². The Bertz CT molecular complexity index is 528. The van der Waals surface area contributed by atoms with Crippen LogP contribution in [0, 0.1) is 11.8 Å². The first-order valence-corrected chi connectivity index (χ1v) is 6.78. The smallest absolute Gasteiger partial charge is 0.307 e. The molecule has 20 heavy (non-hydrogen) atoms. The average Bonchev–Trinajstić information content (AvgIpc) is 3.19. The molecule has 1 saturated carbocycles.